The highest BCUT2D eigenvalue weighted by atomic mass is 32.2. The van der Waals surface area contributed by atoms with Crippen LogP contribution in [0.2, 0.25) is 0 Å². The molecule has 0 aliphatic carbocycles. The van der Waals surface area contributed by atoms with Crippen LogP contribution in [-0.2, 0) is 10.0 Å². The lowest BCUT2D eigenvalue weighted by Gasteiger charge is -2.05. The summed E-state index contributed by atoms with van der Waals surface area (Å²) >= 11 is 0. The summed E-state index contributed by atoms with van der Waals surface area (Å²) in [7, 11) is -3.78. The Hall–Kier alpha value is -3.70. The van der Waals surface area contributed by atoms with Gasteiger partial charge in [-0.3, -0.25) is 0 Å². The maximum atomic E-state index is 12.4. The van der Waals surface area contributed by atoms with Gasteiger partial charge in [-0.05, 0) is 48.9 Å². The molecule has 1 amide bonds. The molecule has 2 aromatic carbocycles. The number of rotatable bonds is 5. The Bertz CT molecular complexity index is 1150. The maximum Gasteiger partial charge on any atom is 0.349 e. The second-order valence-electron chi connectivity index (χ2n) is 5.95. The molecular formula is C18H19N7O3S. The number of sulfonamides is 1. The Morgan fingerprint density at radius 2 is 1.69 bits per heavy atom. The van der Waals surface area contributed by atoms with Gasteiger partial charge in [-0.15, -0.1) is 9.78 Å². The number of nitrogens with zero attached hydrogens (tertiary/aromatic N) is 3. The smallest absolute Gasteiger partial charge is 0.349 e. The van der Waals surface area contributed by atoms with Crippen LogP contribution in [0.5, 0.6) is 0 Å². The van der Waals surface area contributed by atoms with Crippen LogP contribution >= 0.6 is 0 Å². The molecule has 1 aromatic heterocycles. The Balaban J connectivity index is 1.71. The topological polar surface area (TPSA) is 158 Å². The molecule has 0 saturated carbocycles. The van der Waals surface area contributed by atoms with Gasteiger partial charge in [-0.25, -0.2) is 18.4 Å². The van der Waals surface area contributed by atoms with Crippen LogP contribution in [0.15, 0.2) is 59.5 Å². The molecule has 3 rings (SSSR count). The fourth-order valence-corrected chi connectivity index (χ4v) is 2.95. The molecule has 0 aliphatic rings. The van der Waals surface area contributed by atoms with E-state index in [0.717, 1.165) is 10.2 Å². The monoisotopic (exact) mass is 413 g/mol. The Morgan fingerprint density at radius 1 is 1.07 bits per heavy atom. The fourth-order valence-electron chi connectivity index (χ4n) is 2.43. The number of hydrogen-bond donors (Lipinski definition) is 4. The Kier molecular flexibility index (Phi) is 5.61. The van der Waals surface area contributed by atoms with Gasteiger partial charge in [0.25, 0.3) is 0 Å². The zero-order valence-corrected chi connectivity index (χ0v) is 16.2. The molecular weight excluding hydrogens is 394 g/mol. The molecule has 3 aromatic rings. The average molecular weight is 413 g/mol. The third kappa shape index (κ3) is 4.97. The lowest BCUT2D eigenvalue weighted by Crippen LogP contribution is -2.22. The summed E-state index contributed by atoms with van der Waals surface area (Å²) in [5, 5.41) is 14.6. The SMILES string of the molecule is C/C=C/c1ccc(NC(=O)n2nc(Nc3ccc(S(N)(=O)=O)cc3)nc2N)cc1. The van der Waals surface area contributed by atoms with E-state index in [-0.39, 0.29) is 16.8 Å². The van der Waals surface area contributed by atoms with Crippen LogP contribution in [0.3, 0.4) is 0 Å². The van der Waals surface area contributed by atoms with Crippen molar-refractivity contribution < 1.29 is 13.2 Å². The van der Waals surface area contributed by atoms with Crippen molar-refractivity contribution in [3.05, 3.63) is 60.2 Å². The van der Waals surface area contributed by atoms with Crippen LogP contribution in [0, 0.1) is 0 Å². The molecule has 0 spiro atoms. The van der Waals surface area contributed by atoms with Gasteiger partial charge in [0, 0.05) is 11.4 Å². The number of aromatic nitrogens is 3. The first-order valence-corrected chi connectivity index (χ1v) is 9.97. The number of nitrogen functional groups attached to an aromatic ring is 1. The van der Waals surface area contributed by atoms with Crippen molar-refractivity contribution in [2.24, 2.45) is 5.14 Å². The maximum absolute atomic E-state index is 12.4. The third-order valence-electron chi connectivity index (χ3n) is 3.78. The highest BCUT2D eigenvalue weighted by molar-refractivity contribution is 7.89. The zero-order chi connectivity index (χ0) is 21.0. The molecule has 0 saturated heterocycles. The lowest BCUT2D eigenvalue weighted by molar-refractivity contribution is 0.251. The van der Waals surface area contributed by atoms with E-state index in [1.54, 1.807) is 12.1 Å². The van der Waals surface area contributed by atoms with Crippen molar-refractivity contribution in [3.8, 4) is 0 Å². The van der Waals surface area contributed by atoms with Gasteiger partial charge >= 0.3 is 6.03 Å². The van der Waals surface area contributed by atoms with Crippen LogP contribution < -0.4 is 21.5 Å². The molecule has 0 unspecified atom stereocenters. The molecule has 1 heterocycles. The number of primary sulfonamides is 1. The van der Waals surface area contributed by atoms with Crippen LogP contribution in [0.1, 0.15) is 12.5 Å². The molecule has 0 radical (unpaired) electrons. The van der Waals surface area contributed by atoms with E-state index >= 15 is 0 Å². The van der Waals surface area contributed by atoms with Crippen molar-refractivity contribution in [1.29, 1.82) is 0 Å². The lowest BCUT2D eigenvalue weighted by atomic mass is 10.2. The van der Waals surface area contributed by atoms with Gasteiger partial charge < -0.3 is 16.4 Å². The first-order chi connectivity index (χ1) is 13.8. The summed E-state index contributed by atoms with van der Waals surface area (Å²) in [6.07, 6.45) is 3.86. The normalized spacial score (nSPS) is 11.5. The van der Waals surface area contributed by atoms with E-state index in [9.17, 15) is 13.2 Å². The average Bonchev–Trinajstić information content (AvgIpc) is 3.03. The fraction of sp³-hybridized carbons (Fsp3) is 0.0556. The minimum atomic E-state index is -3.78. The molecule has 29 heavy (non-hydrogen) atoms. The summed E-state index contributed by atoms with van der Waals surface area (Å²) in [5.41, 5.74) is 7.85. The standard InChI is InChI=1S/C18H19N7O3S/c1-2-3-12-4-6-14(7-5-12)22-18(26)25-16(19)23-17(24-25)21-13-8-10-15(11-9-13)29(20,27)28/h2-11H,1H3,(H,22,26)(H2,20,27,28)(H3,19,21,23,24)/b3-2+. The van der Waals surface area contributed by atoms with Crippen LogP contribution in [0.4, 0.5) is 28.1 Å². The Labute approximate surface area is 167 Å². The zero-order valence-electron chi connectivity index (χ0n) is 15.4. The first kappa shape index (κ1) is 20.0. The number of benzene rings is 2. The highest BCUT2D eigenvalue weighted by Crippen LogP contribution is 2.18. The molecule has 0 fully saturated rings. The Morgan fingerprint density at radius 3 is 2.28 bits per heavy atom. The van der Waals surface area contributed by atoms with Crippen molar-refractivity contribution in [3.63, 3.8) is 0 Å². The summed E-state index contributed by atoms with van der Waals surface area (Å²) < 4.78 is 23.5. The van der Waals surface area contributed by atoms with E-state index in [1.807, 2.05) is 31.2 Å². The van der Waals surface area contributed by atoms with Gasteiger partial charge in [0.15, 0.2) is 0 Å². The van der Waals surface area contributed by atoms with E-state index < -0.39 is 16.1 Å². The number of hydrogen-bond acceptors (Lipinski definition) is 7. The minimum Gasteiger partial charge on any atom is -0.368 e. The number of nitrogens with one attached hydrogen (secondary N) is 2. The van der Waals surface area contributed by atoms with E-state index in [4.69, 9.17) is 10.9 Å². The van der Waals surface area contributed by atoms with Crippen LogP contribution in [-0.4, -0.2) is 29.2 Å². The summed E-state index contributed by atoms with van der Waals surface area (Å²) in [6, 6.07) is 12.3. The summed E-state index contributed by atoms with van der Waals surface area (Å²) in [6.45, 7) is 1.92. The molecule has 10 nitrogen and oxygen atoms in total. The molecule has 0 aliphatic heterocycles. The summed E-state index contributed by atoms with van der Waals surface area (Å²) in [5.74, 6) is -0.0406. The number of anilines is 4. The van der Waals surface area contributed by atoms with Gasteiger partial charge in [0.2, 0.25) is 21.9 Å². The number of allylic oxidation sites excluding steroid dienone is 1. The van der Waals surface area contributed by atoms with E-state index in [0.29, 0.717) is 11.4 Å². The summed E-state index contributed by atoms with van der Waals surface area (Å²) in [4.78, 5) is 16.4. The highest BCUT2D eigenvalue weighted by Gasteiger charge is 2.15. The van der Waals surface area contributed by atoms with Crippen molar-refractivity contribution >= 4 is 45.4 Å². The predicted octanol–water partition coefficient (Wildman–Crippen LogP) is 2.36. The van der Waals surface area contributed by atoms with Gasteiger partial charge in [-0.2, -0.15) is 4.98 Å². The second-order valence-corrected chi connectivity index (χ2v) is 7.51. The number of carbonyl (C=O) groups is 1. The van der Waals surface area contributed by atoms with Gasteiger partial charge in [-0.1, -0.05) is 24.3 Å². The molecule has 0 bridgehead atoms. The first-order valence-electron chi connectivity index (χ1n) is 8.43. The molecule has 6 N–H and O–H groups in total. The predicted molar refractivity (Wildman–Crippen MR) is 111 cm³/mol. The molecule has 11 heteroatoms. The number of amides is 1. The third-order valence-corrected chi connectivity index (χ3v) is 4.71. The quantitative estimate of drug-likeness (QED) is 0.500. The van der Waals surface area contributed by atoms with Crippen molar-refractivity contribution in [1.82, 2.24) is 14.8 Å². The van der Waals surface area contributed by atoms with Crippen molar-refractivity contribution in [2.75, 3.05) is 16.4 Å². The van der Waals surface area contributed by atoms with Gasteiger partial charge in [0.1, 0.15) is 0 Å². The van der Waals surface area contributed by atoms with E-state index in [1.165, 1.54) is 24.3 Å². The van der Waals surface area contributed by atoms with Gasteiger partial charge in [0.05, 0.1) is 4.90 Å². The minimum absolute atomic E-state index is 0.0270. The molecule has 150 valence electrons. The largest absolute Gasteiger partial charge is 0.368 e. The number of nitrogens with two attached hydrogens (primary N) is 2. The number of carbonyl (C=O) groups excluding carboxylic acids is 1. The second kappa shape index (κ2) is 8.12. The van der Waals surface area contributed by atoms with Crippen LogP contribution in [0.25, 0.3) is 6.08 Å². The van der Waals surface area contributed by atoms with E-state index in [2.05, 4.69) is 20.7 Å². The molecule has 0 atom stereocenters. The van der Waals surface area contributed by atoms with Crippen molar-refractivity contribution in [2.45, 2.75) is 11.8 Å².